The van der Waals surface area contributed by atoms with Gasteiger partial charge in [-0.3, -0.25) is 14.9 Å². The minimum Gasteiger partial charge on any atom is -0.502 e. The van der Waals surface area contributed by atoms with Crippen LogP contribution in [0, 0.1) is 17.0 Å². The largest absolute Gasteiger partial charge is 0.502 e. The van der Waals surface area contributed by atoms with E-state index in [0.29, 0.717) is 5.56 Å². The zero-order valence-electron chi connectivity index (χ0n) is 14.1. The van der Waals surface area contributed by atoms with Crippen LogP contribution in [0.3, 0.4) is 0 Å². The number of carbonyl (C=O) groups is 1. The summed E-state index contributed by atoms with van der Waals surface area (Å²) in [6, 6.07) is 4.45. The molecule has 1 aromatic rings. The second-order valence-electron chi connectivity index (χ2n) is 4.33. The highest BCUT2D eigenvalue weighted by molar-refractivity contribution is 6.66. The van der Waals surface area contributed by atoms with Gasteiger partial charge in [0.15, 0.2) is 5.75 Å². The molecule has 1 N–H and O–H groups in total. The molecule has 0 aliphatic carbocycles. The number of para-hydroxylation sites is 1. The third kappa shape index (κ3) is 11.3. The van der Waals surface area contributed by atoms with E-state index in [1.165, 1.54) is 25.7 Å². The number of phenols is 1. The molecule has 0 saturated heterocycles. The monoisotopic (exact) mass is 344 g/mol. The van der Waals surface area contributed by atoms with Gasteiger partial charge < -0.3 is 10.0 Å². The molecular weight excluding hydrogens is 320 g/mol. The van der Waals surface area contributed by atoms with Crippen LogP contribution in [0.25, 0.3) is 0 Å². The Labute approximate surface area is 142 Å². The third-order valence-corrected chi connectivity index (χ3v) is 3.06. The molecule has 23 heavy (non-hydrogen) atoms. The molecule has 0 atom stereocenters. The zero-order valence-corrected chi connectivity index (χ0v) is 14.8. The van der Waals surface area contributed by atoms with Gasteiger partial charge in [0.1, 0.15) is 0 Å². The van der Waals surface area contributed by atoms with Crippen molar-refractivity contribution in [2.24, 2.45) is 0 Å². The first-order valence-electron chi connectivity index (χ1n) is 7.22. The first-order valence-corrected chi connectivity index (χ1v) is 7.59. The van der Waals surface area contributed by atoms with E-state index in [1.807, 2.05) is 0 Å². The summed E-state index contributed by atoms with van der Waals surface area (Å²) in [6.45, 7) is 14.8. The molecule has 1 rings (SSSR count). The molecule has 1 aromatic carbocycles. The quantitative estimate of drug-likeness (QED) is 0.379. The normalized spacial score (nSPS) is 9.13. The van der Waals surface area contributed by atoms with Gasteiger partial charge >= 0.3 is 5.69 Å². The number of allylic oxidation sites excluding steroid dienone is 1. The molecular formula is C16H25ClN2O4. The van der Waals surface area contributed by atoms with Crippen LogP contribution in [0.1, 0.15) is 26.3 Å². The van der Waals surface area contributed by atoms with Crippen molar-refractivity contribution < 1.29 is 14.8 Å². The van der Waals surface area contributed by atoms with Crippen molar-refractivity contribution in [3.63, 3.8) is 0 Å². The summed E-state index contributed by atoms with van der Waals surface area (Å²) in [7, 11) is 0. The second kappa shape index (κ2) is 13.7. The molecule has 0 saturated carbocycles. The number of phenolic OH excluding ortho intramolecular Hbond substituents is 1. The van der Waals surface area contributed by atoms with Crippen LogP contribution in [0.4, 0.5) is 5.69 Å². The first kappa shape index (κ1) is 23.3. The maximum Gasteiger partial charge on any atom is 0.313 e. The van der Waals surface area contributed by atoms with Gasteiger partial charge in [0.2, 0.25) is 5.24 Å². The third-order valence-electron chi connectivity index (χ3n) is 2.90. The van der Waals surface area contributed by atoms with E-state index in [1.54, 1.807) is 19.1 Å². The molecule has 6 nitrogen and oxygen atoms in total. The van der Waals surface area contributed by atoms with Gasteiger partial charge in [-0.05, 0) is 50.3 Å². The Hall–Kier alpha value is -1.92. The van der Waals surface area contributed by atoms with E-state index in [9.17, 15) is 14.9 Å². The number of nitro benzene ring substituents is 1. The average Bonchev–Trinajstić information content (AvgIpc) is 2.49. The number of hydrogen-bond donors (Lipinski definition) is 1. The summed E-state index contributed by atoms with van der Waals surface area (Å²) in [6.07, 6.45) is 1.04. The van der Waals surface area contributed by atoms with E-state index < -0.39 is 10.2 Å². The van der Waals surface area contributed by atoms with Gasteiger partial charge in [0, 0.05) is 5.56 Å². The fraction of sp³-hybridized carbons (Fsp3) is 0.438. The van der Waals surface area contributed by atoms with Crippen molar-refractivity contribution >= 4 is 22.5 Å². The van der Waals surface area contributed by atoms with Gasteiger partial charge in [-0.1, -0.05) is 39.5 Å². The standard InChI is InChI=1S/C7H7NO3.C6H15N.C3H3ClO/c1-5-3-2-4-6(9)7(5)8(10)11;1-4-7(5-2)6-3;1-2-3(4)5/h2-4,9H,1H3;4-6H2,1-3H3;2H,1H2. The molecule has 0 bridgehead atoms. The van der Waals surface area contributed by atoms with Gasteiger partial charge in [0.25, 0.3) is 0 Å². The van der Waals surface area contributed by atoms with E-state index in [0.717, 1.165) is 6.08 Å². The van der Waals surface area contributed by atoms with E-state index in [-0.39, 0.29) is 11.4 Å². The topological polar surface area (TPSA) is 83.7 Å². The summed E-state index contributed by atoms with van der Waals surface area (Å²) in [5.41, 5.74) is 0.252. The van der Waals surface area contributed by atoms with Crippen LogP contribution in [0.15, 0.2) is 30.9 Å². The lowest BCUT2D eigenvalue weighted by molar-refractivity contribution is -0.386. The Kier molecular flexibility index (Phi) is 13.9. The summed E-state index contributed by atoms with van der Waals surface area (Å²) in [5.74, 6) is -0.282. The van der Waals surface area contributed by atoms with Crippen molar-refractivity contribution in [1.29, 1.82) is 0 Å². The van der Waals surface area contributed by atoms with Crippen molar-refractivity contribution in [3.8, 4) is 5.75 Å². The highest BCUT2D eigenvalue weighted by Crippen LogP contribution is 2.28. The molecule has 7 heteroatoms. The van der Waals surface area contributed by atoms with Gasteiger partial charge in [-0.25, -0.2) is 0 Å². The highest BCUT2D eigenvalue weighted by atomic mass is 35.5. The average molecular weight is 345 g/mol. The fourth-order valence-corrected chi connectivity index (χ4v) is 1.55. The molecule has 130 valence electrons. The van der Waals surface area contributed by atoms with Crippen molar-refractivity contribution in [2.75, 3.05) is 19.6 Å². The molecule has 0 aromatic heterocycles. The minimum absolute atomic E-state index is 0.215. The highest BCUT2D eigenvalue weighted by Gasteiger charge is 2.14. The maximum atomic E-state index is 10.3. The Morgan fingerprint density at radius 3 is 1.96 bits per heavy atom. The zero-order chi connectivity index (χ0) is 18.4. The van der Waals surface area contributed by atoms with Crippen LogP contribution in [-0.4, -0.2) is 39.8 Å². The number of carbonyl (C=O) groups excluding carboxylic acids is 1. The lowest BCUT2D eigenvalue weighted by Crippen LogP contribution is -2.21. The number of nitro groups is 1. The SMILES string of the molecule is C=CC(=O)Cl.CCN(CC)CC.Cc1cccc(O)c1[N+](=O)[O-]. The Morgan fingerprint density at radius 1 is 1.35 bits per heavy atom. The number of nitrogens with zero attached hydrogens (tertiary/aromatic N) is 2. The summed E-state index contributed by atoms with van der Waals surface area (Å²) < 4.78 is 0. The van der Waals surface area contributed by atoms with Crippen molar-refractivity contribution in [2.45, 2.75) is 27.7 Å². The van der Waals surface area contributed by atoms with E-state index in [4.69, 9.17) is 16.7 Å². The Bertz CT molecular complexity index is 477. The number of hydrogen-bond acceptors (Lipinski definition) is 5. The number of halogens is 1. The van der Waals surface area contributed by atoms with Gasteiger partial charge in [-0.15, -0.1) is 0 Å². The summed E-state index contributed by atoms with van der Waals surface area (Å²) in [4.78, 5) is 21.5. The second-order valence-corrected chi connectivity index (χ2v) is 4.70. The summed E-state index contributed by atoms with van der Waals surface area (Å²) in [5, 5.41) is 18.8. The van der Waals surface area contributed by atoms with Crippen LogP contribution < -0.4 is 0 Å². The van der Waals surface area contributed by atoms with Crippen LogP contribution in [0.5, 0.6) is 5.75 Å². The van der Waals surface area contributed by atoms with E-state index >= 15 is 0 Å². The molecule has 0 aliphatic rings. The molecule has 0 amide bonds. The minimum atomic E-state index is -0.593. The smallest absolute Gasteiger partial charge is 0.313 e. The molecule has 0 radical (unpaired) electrons. The molecule has 0 aliphatic heterocycles. The Balaban J connectivity index is 0. The molecule has 0 spiro atoms. The molecule has 0 fully saturated rings. The number of benzene rings is 1. The van der Waals surface area contributed by atoms with Gasteiger partial charge in [-0.2, -0.15) is 0 Å². The lowest BCUT2D eigenvalue weighted by atomic mass is 10.2. The Morgan fingerprint density at radius 2 is 1.78 bits per heavy atom. The van der Waals surface area contributed by atoms with Crippen LogP contribution in [-0.2, 0) is 4.79 Å². The number of aryl methyl sites for hydroxylation is 1. The number of aromatic hydroxyl groups is 1. The van der Waals surface area contributed by atoms with Crippen LogP contribution in [0.2, 0.25) is 0 Å². The molecule has 0 heterocycles. The van der Waals surface area contributed by atoms with Gasteiger partial charge in [0.05, 0.1) is 4.92 Å². The number of rotatable bonds is 5. The first-order chi connectivity index (χ1) is 10.7. The molecule has 0 unspecified atom stereocenters. The lowest BCUT2D eigenvalue weighted by Gasteiger charge is -2.13. The maximum absolute atomic E-state index is 10.3. The fourth-order valence-electron chi connectivity index (χ4n) is 1.55. The summed E-state index contributed by atoms with van der Waals surface area (Å²) >= 11 is 4.71. The predicted octanol–water partition coefficient (Wildman–Crippen LogP) is 3.89. The predicted molar refractivity (Wildman–Crippen MR) is 94.0 cm³/mol. The van der Waals surface area contributed by atoms with E-state index in [2.05, 4.69) is 32.3 Å². The van der Waals surface area contributed by atoms with Crippen molar-refractivity contribution in [3.05, 3.63) is 46.5 Å². The van der Waals surface area contributed by atoms with Crippen molar-refractivity contribution in [1.82, 2.24) is 4.90 Å². The van der Waals surface area contributed by atoms with Crippen LogP contribution >= 0.6 is 11.6 Å².